The summed E-state index contributed by atoms with van der Waals surface area (Å²) in [4.78, 5) is 22.2. The highest BCUT2D eigenvalue weighted by atomic mass is 79.9. The summed E-state index contributed by atoms with van der Waals surface area (Å²) >= 11 is 5.03. The third kappa shape index (κ3) is 4.12. The number of thiazole rings is 1. The van der Waals surface area contributed by atoms with Gasteiger partial charge >= 0.3 is 0 Å². The molecule has 1 amide bonds. The van der Waals surface area contributed by atoms with Gasteiger partial charge in [-0.15, -0.1) is 0 Å². The molecular formula is C19H22BrN5O2S. The first kappa shape index (κ1) is 19.5. The fourth-order valence-corrected chi connectivity index (χ4v) is 4.84. The van der Waals surface area contributed by atoms with Gasteiger partial charge in [-0.25, -0.2) is 4.98 Å². The maximum atomic E-state index is 13.4. The standard InChI is InChI=1S/C19H22BrN5O2S/c1-13-12-23(2)22-17(13)18(26)25(6-5-24-7-9-27-10-8-24)19-21-15-4-3-14(20)11-16(15)28-19/h3-4,11-12H,5-10H2,1-2H3. The largest absolute Gasteiger partial charge is 0.379 e. The number of benzene rings is 1. The van der Waals surface area contributed by atoms with Crippen molar-refractivity contribution in [1.29, 1.82) is 0 Å². The zero-order valence-electron chi connectivity index (χ0n) is 15.9. The maximum absolute atomic E-state index is 13.4. The molecule has 1 aliphatic heterocycles. The predicted octanol–water partition coefficient (Wildman–Crippen LogP) is 3.08. The van der Waals surface area contributed by atoms with Gasteiger partial charge < -0.3 is 4.74 Å². The molecule has 0 saturated carbocycles. The number of fused-ring (bicyclic) bond motifs is 1. The summed E-state index contributed by atoms with van der Waals surface area (Å²) in [5, 5.41) is 5.09. The van der Waals surface area contributed by atoms with Crippen LogP contribution in [0.25, 0.3) is 10.2 Å². The summed E-state index contributed by atoms with van der Waals surface area (Å²) in [5.41, 5.74) is 2.24. The third-order valence-electron chi connectivity index (χ3n) is 4.77. The Morgan fingerprint density at radius 1 is 1.36 bits per heavy atom. The molecule has 1 aliphatic rings. The highest BCUT2D eigenvalue weighted by Crippen LogP contribution is 2.31. The van der Waals surface area contributed by atoms with E-state index >= 15 is 0 Å². The van der Waals surface area contributed by atoms with Gasteiger partial charge in [-0.2, -0.15) is 5.10 Å². The summed E-state index contributed by atoms with van der Waals surface area (Å²) < 4.78 is 9.16. The van der Waals surface area contributed by atoms with Crippen LogP contribution in [0.2, 0.25) is 0 Å². The van der Waals surface area contributed by atoms with Crippen LogP contribution >= 0.6 is 27.3 Å². The molecule has 0 unspecified atom stereocenters. The third-order valence-corrected chi connectivity index (χ3v) is 6.31. The average molecular weight is 464 g/mol. The molecular weight excluding hydrogens is 442 g/mol. The lowest BCUT2D eigenvalue weighted by atomic mass is 10.2. The van der Waals surface area contributed by atoms with E-state index in [2.05, 4.69) is 25.9 Å². The van der Waals surface area contributed by atoms with E-state index in [1.807, 2.05) is 38.4 Å². The molecule has 148 valence electrons. The minimum Gasteiger partial charge on any atom is -0.379 e. The summed E-state index contributed by atoms with van der Waals surface area (Å²) in [7, 11) is 1.83. The summed E-state index contributed by atoms with van der Waals surface area (Å²) in [6.07, 6.45) is 1.86. The molecule has 0 bridgehead atoms. The Bertz CT molecular complexity index is 996. The van der Waals surface area contributed by atoms with E-state index in [1.54, 1.807) is 9.58 Å². The molecule has 1 saturated heterocycles. The van der Waals surface area contributed by atoms with Crippen molar-refractivity contribution in [2.75, 3.05) is 44.3 Å². The molecule has 3 heterocycles. The SMILES string of the molecule is Cc1cn(C)nc1C(=O)N(CCN1CCOCC1)c1nc2ccc(Br)cc2s1. The van der Waals surface area contributed by atoms with Crippen LogP contribution in [-0.4, -0.2) is 65.0 Å². The molecule has 0 N–H and O–H groups in total. The fraction of sp³-hybridized carbons (Fsp3) is 0.421. The monoisotopic (exact) mass is 463 g/mol. The molecule has 3 aromatic rings. The number of hydrogen-bond acceptors (Lipinski definition) is 6. The van der Waals surface area contributed by atoms with Crippen molar-refractivity contribution in [3.8, 4) is 0 Å². The molecule has 7 nitrogen and oxygen atoms in total. The van der Waals surface area contributed by atoms with E-state index in [0.717, 1.165) is 53.1 Å². The van der Waals surface area contributed by atoms with Crippen LogP contribution in [0.3, 0.4) is 0 Å². The number of rotatable bonds is 5. The van der Waals surface area contributed by atoms with Gasteiger partial charge in [0, 0.05) is 49.5 Å². The fourth-order valence-electron chi connectivity index (χ4n) is 3.30. The van der Waals surface area contributed by atoms with Crippen LogP contribution < -0.4 is 4.90 Å². The molecule has 0 atom stereocenters. The van der Waals surface area contributed by atoms with Crippen molar-refractivity contribution in [3.63, 3.8) is 0 Å². The minimum absolute atomic E-state index is 0.107. The van der Waals surface area contributed by atoms with E-state index in [1.165, 1.54) is 11.3 Å². The molecule has 9 heteroatoms. The number of nitrogens with zero attached hydrogens (tertiary/aromatic N) is 5. The van der Waals surface area contributed by atoms with Crippen molar-refractivity contribution in [2.45, 2.75) is 6.92 Å². The molecule has 2 aromatic heterocycles. The van der Waals surface area contributed by atoms with Crippen molar-refractivity contribution >= 4 is 48.5 Å². The first-order valence-electron chi connectivity index (χ1n) is 9.19. The van der Waals surface area contributed by atoms with Crippen LogP contribution in [0.5, 0.6) is 0 Å². The molecule has 1 fully saturated rings. The minimum atomic E-state index is -0.107. The van der Waals surface area contributed by atoms with E-state index in [9.17, 15) is 4.79 Å². The maximum Gasteiger partial charge on any atom is 0.280 e. The smallest absolute Gasteiger partial charge is 0.280 e. The molecule has 4 rings (SSSR count). The van der Waals surface area contributed by atoms with Crippen LogP contribution in [0, 0.1) is 6.92 Å². The van der Waals surface area contributed by atoms with E-state index in [-0.39, 0.29) is 5.91 Å². The molecule has 0 radical (unpaired) electrons. The normalized spacial score (nSPS) is 15.2. The number of amides is 1. The molecule has 0 aliphatic carbocycles. The lowest BCUT2D eigenvalue weighted by Gasteiger charge is -2.29. The van der Waals surface area contributed by atoms with Crippen molar-refractivity contribution in [1.82, 2.24) is 19.7 Å². The number of anilines is 1. The summed E-state index contributed by atoms with van der Waals surface area (Å²) in [6.45, 7) is 6.51. The van der Waals surface area contributed by atoms with Gasteiger partial charge in [-0.3, -0.25) is 19.3 Å². The van der Waals surface area contributed by atoms with Crippen LogP contribution in [0.4, 0.5) is 5.13 Å². The Morgan fingerprint density at radius 2 is 2.14 bits per heavy atom. The average Bonchev–Trinajstić information content (AvgIpc) is 3.24. The first-order valence-corrected chi connectivity index (χ1v) is 10.8. The van der Waals surface area contributed by atoms with Crippen molar-refractivity contribution < 1.29 is 9.53 Å². The van der Waals surface area contributed by atoms with Crippen molar-refractivity contribution in [3.05, 3.63) is 40.1 Å². The molecule has 28 heavy (non-hydrogen) atoms. The second-order valence-electron chi connectivity index (χ2n) is 6.85. The number of ether oxygens (including phenoxy) is 1. The molecule has 1 aromatic carbocycles. The topological polar surface area (TPSA) is 63.5 Å². The summed E-state index contributed by atoms with van der Waals surface area (Å²) in [5.74, 6) is -0.107. The van der Waals surface area contributed by atoms with E-state index in [0.29, 0.717) is 17.4 Å². The van der Waals surface area contributed by atoms with Gasteiger partial charge in [0.25, 0.3) is 5.91 Å². The quantitative estimate of drug-likeness (QED) is 0.581. The van der Waals surface area contributed by atoms with Gasteiger partial charge in [0.1, 0.15) is 0 Å². The lowest BCUT2D eigenvalue weighted by Crippen LogP contribution is -2.43. The van der Waals surface area contributed by atoms with Gasteiger partial charge in [-0.05, 0) is 25.1 Å². The Morgan fingerprint density at radius 3 is 2.86 bits per heavy atom. The number of carbonyl (C=O) groups excluding carboxylic acids is 1. The van der Waals surface area contributed by atoms with Crippen LogP contribution in [-0.2, 0) is 11.8 Å². The zero-order valence-corrected chi connectivity index (χ0v) is 18.3. The number of carbonyl (C=O) groups is 1. The lowest BCUT2D eigenvalue weighted by molar-refractivity contribution is 0.0391. The number of aryl methyl sites for hydroxylation is 2. The highest BCUT2D eigenvalue weighted by molar-refractivity contribution is 9.10. The van der Waals surface area contributed by atoms with Crippen molar-refractivity contribution in [2.24, 2.45) is 7.05 Å². The number of hydrogen-bond donors (Lipinski definition) is 0. The molecule has 0 spiro atoms. The Hall–Kier alpha value is -1.81. The Labute approximate surface area is 176 Å². The van der Waals surface area contributed by atoms with Gasteiger partial charge in [0.2, 0.25) is 0 Å². The van der Waals surface area contributed by atoms with Gasteiger partial charge in [0.05, 0.1) is 23.4 Å². The Balaban J connectivity index is 1.64. The zero-order chi connectivity index (χ0) is 19.7. The van der Waals surface area contributed by atoms with E-state index in [4.69, 9.17) is 9.72 Å². The van der Waals surface area contributed by atoms with Crippen LogP contribution in [0.1, 0.15) is 16.1 Å². The first-order chi connectivity index (χ1) is 13.5. The summed E-state index contributed by atoms with van der Waals surface area (Å²) in [6, 6.07) is 5.97. The van der Waals surface area contributed by atoms with E-state index < -0.39 is 0 Å². The Kier molecular flexibility index (Phi) is 5.77. The number of halogens is 1. The number of morpholine rings is 1. The van der Waals surface area contributed by atoms with Gasteiger partial charge in [0.15, 0.2) is 10.8 Å². The number of aromatic nitrogens is 3. The second-order valence-corrected chi connectivity index (χ2v) is 8.78. The van der Waals surface area contributed by atoms with Crippen LogP contribution in [0.15, 0.2) is 28.9 Å². The predicted molar refractivity (Wildman–Crippen MR) is 114 cm³/mol. The highest BCUT2D eigenvalue weighted by Gasteiger charge is 2.26. The second kappa shape index (κ2) is 8.28. The van der Waals surface area contributed by atoms with Gasteiger partial charge in [-0.1, -0.05) is 27.3 Å².